The van der Waals surface area contributed by atoms with E-state index < -0.39 is 10.0 Å². The summed E-state index contributed by atoms with van der Waals surface area (Å²) in [6.45, 7) is 8.85. The molecule has 7 nitrogen and oxygen atoms in total. The molecule has 1 aromatic carbocycles. The largest absolute Gasteiger partial charge is 0.378 e. The number of nitrogens with zero attached hydrogens (tertiary/aromatic N) is 2. The number of rotatable bonds is 8. The van der Waals surface area contributed by atoms with Crippen molar-refractivity contribution in [2.24, 2.45) is 0 Å². The number of sulfonamides is 1. The Bertz CT molecular complexity index is 745. The first kappa shape index (κ1) is 22.0. The van der Waals surface area contributed by atoms with Gasteiger partial charge >= 0.3 is 0 Å². The van der Waals surface area contributed by atoms with Crippen molar-refractivity contribution >= 4 is 39.1 Å². The van der Waals surface area contributed by atoms with E-state index in [4.69, 9.17) is 4.74 Å². The molecule has 0 bridgehead atoms. The number of ether oxygens (including phenoxy) is 1. The highest BCUT2D eigenvalue weighted by atomic mass is 32.2. The van der Waals surface area contributed by atoms with Crippen molar-refractivity contribution in [3.8, 4) is 0 Å². The van der Waals surface area contributed by atoms with Gasteiger partial charge in [0, 0.05) is 26.2 Å². The highest BCUT2D eigenvalue weighted by molar-refractivity contribution is 7.99. The molecule has 1 aliphatic rings. The molecule has 1 aromatic rings. The standard InChI is InChI=1S/C18H29N3O4S2/c1-5-21(6-2)27(23,24)15-7-8-17(20-9-11-25-12-10-20)16(13-15)19-18(22)14(3)26-4/h7-8,13-14H,5-6,9-12H2,1-4H3,(H,19,22)/t14-/m1/s1. The van der Waals surface area contributed by atoms with Crippen molar-refractivity contribution in [3.05, 3.63) is 18.2 Å². The van der Waals surface area contributed by atoms with Crippen molar-refractivity contribution in [2.45, 2.75) is 30.9 Å². The smallest absolute Gasteiger partial charge is 0.243 e. The van der Waals surface area contributed by atoms with Gasteiger partial charge in [-0.05, 0) is 31.4 Å². The third-order valence-corrected chi connectivity index (χ3v) is 7.61. The Balaban J connectivity index is 2.45. The molecule has 0 radical (unpaired) electrons. The molecular weight excluding hydrogens is 386 g/mol. The quantitative estimate of drug-likeness (QED) is 0.702. The van der Waals surface area contributed by atoms with Gasteiger partial charge in [0.2, 0.25) is 15.9 Å². The Hall–Kier alpha value is -1.29. The molecule has 9 heteroatoms. The third kappa shape index (κ3) is 5.16. The van der Waals surface area contributed by atoms with Crippen LogP contribution in [0, 0.1) is 0 Å². The number of hydrogen-bond acceptors (Lipinski definition) is 6. The fourth-order valence-corrected chi connectivity index (χ4v) is 4.67. The second kappa shape index (κ2) is 9.77. The lowest BCUT2D eigenvalue weighted by Crippen LogP contribution is -2.37. The average Bonchev–Trinajstić information content (AvgIpc) is 2.68. The van der Waals surface area contributed by atoms with Gasteiger partial charge in [-0.1, -0.05) is 13.8 Å². The molecule has 1 N–H and O–H groups in total. The Labute approximate surface area is 166 Å². The lowest BCUT2D eigenvalue weighted by atomic mass is 10.2. The van der Waals surface area contributed by atoms with Crippen LogP contribution in [0.15, 0.2) is 23.1 Å². The normalized spacial score (nSPS) is 16.4. The predicted octanol–water partition coefficient (Wildman–Crippen LogP) is 2.24. The first-order chi connectivity index (χ1) is 12.8. The van der Waals surface area contributed by atoms with Crippen LogP contribution in [0.2, 0.25) is 0 Å². The fourth-order valence-electron chi connectivity index (χ4n) is 2.91. The van der Waals surface area contributed by atoms with Crippen molar-refractivity contribution in [3.63, 3.8) is 0 Å². The summed E-state index contributed by atoms with van der Waals surface area (Å²) in [5.41, 5.74) is 1.34. The minimum atomic E-state index is -3.60. The summed E-state index contributed by atoms with van der Waals surface area (Å²) in [6, 6.07) is 4.97. The number of anilines is 2. The van der Waals surface area contributed by atoms with Crippen molar-refractivity contribution < 1.29 is 17.9 Å². The molecule has 1 atom stereocenters. The maximum atomic E-state index is 12.9. The van der Waals surface area contributed by atoms with Crippen LogP contribution in [0.1, 0.15) is 20.8 Å². The number of carbonyl (C=O) groups is 1. The van der Waals surface area contributed by atoms with E-state index in [9.17, 15) is 13.2 Å². The van der Waals surface area contributed by atoms with E-state index in [-0.39, 0.29) is 16.1 Å². The van der Waals surface area contributed by atoms with Crippen LogP contribution in [-0.4, -0.2) is 69.5 Å². The molecule has 0 spiro atoms. The Morgan fingerprint density at radius 3 is 2.48 bits per heavy atom. The highest BCUT2D eigenvalue weighted by Crippen LogP contribution is 2.31. The molecule has 0 aliphatic carbocycles. The van der Waals surface area contributed by atoms with E-state index in [1.54, 1.807) is 18.2 Å². The minimum Gasteiger partial charge on any atom is -0.378 e. The van der Waals surface area contributed by atoms with E-state index in [1.807, 2.05) is 27.0 Å². The van der Waals surface area contributed by atoms with Crippen LogP contribution in [0.4, 0.5) is 11.4 Å². The Morgan fingerprint density at radius 1 is 1.30 bits per heavy atom. The van der Waals surface area contributed by atoms with Gasteiger partial charge in [0.25, 0.3) is 0 Å². The van der Waals surface area contributed by atoms with Gasteiger partial charge < -0.3 is 15.0 Å². The molecule has 0 saturated carbocycles. The maximum absolute atomic E-state index is 12.9. The average molecular weight is 416 g/mol. The van der Waals surface area contributed by atoms with Crippen LogP contribution in [0.25, 0.3) is 0 Å². The topological polar surface area (TPSA) is 79.0 Å². The van der Waals surface area contributed by atoms with Gasteiger partial charge in [-0.3, -0.25) is 4.79 Å². The predicted molar refractivity (Wildman–Crippen MR) is 111 cm³/mol. The summed E-state index contributed by atoms with van der Waals surface area (Å²) < 4.78 is 32.6. The number of thioether (sulfide) groups is 1. The van der Waals surface area contributed by atoms with E-state index in [1.165, 1.54) is 16.1 Å². The van der Waals surface area contributed by atoms with Crippen molar-refractivity contribution in [1.29, 1.82) is 0 Å². The molecule has 1 amide bonds. The highest BCUT2D eigenvalue weighted by Gasteiger charge is 2.25. The molecule has 1 heterocycles. The summed E-state index contributed by atoms with van der Waals surface area (Å²) >= 11 is 1.44. The second-order valence-electron chi connectivity index (χ2n) is 6.23. The summed E-state index contributed by atoms with van der Waals surface area (Å²) in [6.07, 6.45) is 1.87. The number of nitrogens with one attached hydrogen (secondary N) is 1. The van der Waals surface area contributed by atoms with E-state index >= 15 is 0 Å². The summed E-state index contributed by atoms with van der Waals surface area (Å²) in [4.78, 5) is 14.7. The Kier molecular flexibility index (Phi) is 7.96. The molecule has 1 saturated heterocycles. The summed E-state index contributed by atoms with van der Waals surface area (Å²) in [5, 5.41) is 2.69. The van der Waals surface area contributed by atoms with Crippen LogP contribution >= 0.6 is 11.8 Å². The van der Waals surface area contributed by atoms with Gasteiger partial charge in [0.1, 0.15) is 0 Å². The molecule has 0 aromatic heterocycles. The fraction of sp³-hybridized carbons (Fsp3) is 0.611. The summed E-state index contributed by atoms with van der Waals surface area (Å²) in [5.74, 6) is -0.144. The van der Waals surface area contributed by atoms with Crippen molar-refractivity contribution in [2.75, 3.05) is 55.9 Å². The van der Waals surface area contributed by atoms with Crippen LogP contribution in [-0.2, 0) is 19.6 Å². The minimum absolute atomic E-state index is 0.144. The summed E-state index contributed by atoms with van der Waals surface area (Å²) in [7, 11) is -3.60. The third-order valence-electron chi connectivity index (χ3n) is 4.64. The van der Waals surface area contributed by atoms with E-state index in [0.717, 1.165) is 5.69 Å². The lowest BCUT2D eigenvalue weighted by Gasteiger charge is -2.31. The zero-order valence-electron chi connectivity index (χ0n) is 16.4. The van der Waals surface area contributed by atoms with E-state index in [0.29, 0.717) is 45.1 Å². The first-order valence-electron chi connectivity index (χ1n) is 9.15. The van der Waals surface area contributed by atoms with Gasteiger partial charge in [-0.15, -0.1) is 0 Å². The van der Waals surface area contributed by atoms with Crippen molar-refractivity contribution in [1.82, 2.24) is 4.31 Å². The molecule has 27 heavy (non-hydrogen) atoms. The Morgan fingerprint density at radius 2 is 1.93 bits per heavy atom. The number of amides is 1. The maximum Gasteiger partial charge on any atom is 0.243 e. The molecule has 2 rings (SSSR count). The van der Waals surface area contributed by atoms with Crippen LogP contribution in [0.5, 0.6) is 0 Å². The zero-order valence-corrected chi connectivity index (χ0v) is 18.0. The van der Waals surface area contributed by atoms with Gasteiger partial charge in [-0.25, -0.2) is 8.42 Å². The van der Waals surface area contributed by atoms with Crippen LogP contribution in [0.3, 0.4) is 0 Å². The number of morpholine rings is 1. The SMILES string of the molecule is CCN(CC)S(=O)(=O)c1ccc(N2CCOCC2)c(NC(=O)[C@@H](C)SC)c1. The zero-order chi connectivity index (χ0) is 20.0. The van der Waals surface area contributed by atoms with Gasteiger partial charge in [0.15, 0.2) is 0 Å². The van der Waals surface area contributed by atoms with Gasteiger partial charge in [-0.2, -0.15) is 16.1 Å². The molecule has 1 aliphatic heterocycles. The molecule has 152 valence electrons. The lowest BCUT2D eigenvalue weighted by molar-refractivity contribution is -0.115. The molecular formula is C18H29N3O4S2. The monoisotopic (exact) mass is 415 g/mol. The van der Waals surface area contributed by atoms with E-state index in [2.05, 4.69) is 10.2 Å². The molecule has 1 fully saturated rings. The first-order valence-corrected chi connectivity index (χ1v) is 11.9. The van der Waals surface area contributed by atoms with Crippen LogP contribution < -0.4 is 10.2 Å². The number of benzene rings is 1. The molecule has 0 unspecified atom stereocenters. The van der Waals surface area contributed by atoms with Gasteiger partial charge in [0.05, 0.1) is 34.7 Å². The number of carbonyl (C=O) groups excluding carboxylic acids is 1. The number of hydrogen-bond donors (Lipinski definition) is 1. The second-order valence-corrected chi connectivity index (χ2v) is 9.35.